The number of hydrogen-bond donors (Lipinski definition) is 1. The Hall–Kier alpha value is -0.860. The van der Waals surface area contributed by atoms with Crippen LogP contribution in [-0.4, -0.2) is 31.1 Å². The lowest BCUT2D eigenvalue weighted by molar-refractivity contribution is 0.169. The van der Waals surface area contributed by atoms with Gasteiger partial charge in [-0.3, -0.25) is 0 Å². The molecule has 0 fully saturated rings. The van der Waals surface area contributed by atoms with Crippen molar-refractivity contribution < 1.29 is 0 Å². The van der Waals surface area contributed by atoms with E-state index in [0.717, 1.165) is 13.1 Å². The van der Waals surface area contributed by atoms with Gasteiger partial charge in [-0.25, -0.2) is 0 Å². The standard InChI is InChI=1S/C18H32N2/c1-6-13-19-18(16-11-9-8-10-12-16)17(7-2)20(5)14-15(3)4/h8-12,15,17-19H,6-7,13-14H2,1-5H3. The van der Waals surface area contributed by atoms with Gasteiger partial charge in [-0.15, -0.1) is 0 Å². The molecule has 20 heavy (non-hydrogen) atoms. The van der Waals surface area contributed by atoms with E-state index in [2.05, 4.69) is 75.3 Å². The van der Waals surface area contributed by atoms with Gasteiger partial charge in [0.25, 0.3) is 0 Å². The zero-order valence-corrected chi connectivity index (χ0v) is 13.9. The van der Waals surface area contributed by atoms with Gasteiger partial charge in [0.15, 0.2) is 0 Å². The first-order valence-electron chi connectivity index (χ1n) is 8.08. The molecule has 0 amide bonds. The van der Waals surface area contributed by atoms with Crippen molar-refractivity contribution in [3.63, 3.8) is 0 Å². The summed E-state index contributed by atoms with van der Waals surface area (Å²) in [4.78, 5) is 2.52. The molecule has 2 nitrogen and oxygen atoms in total. The van der Waals surface area contributed by atoms with E-state index in [9.17, 15) is 0 Å². The smallest absolute Gasteiger partial charge is 0.0477 e. The minimum atomic E-state index is 0.421. The fourth-order valence-corrected chi connectivity index (χ4v) is 2.95. The highest BCUT2D eigenvalue weighted by Crippen LogP contribution is 2.23. The van der Waals surface area contributed by atoms with Crippen molar-refractivity contribution in [2.24, 2.45) is 5.92 Å². The van der Waals surface area contributed by atoms with Gasteiger partial charge in [-0.05, 0) is 37.9 Å². The fraction of sp³-hybridized carbons (Fsp3) is 0.667. The summed E-state index contributed by atoms with van der Waals surface area (Å²) >= 11 is 0. The molecule has 0 aliphatic heterocycles. The second kappa shape index (κ2) is 9.15. The van der Waals surface area contributed by atoms with Crippen LogP contribution in [0.4, 0.5) is 0 Å². The van der Waals surface area contributed by atoms with E-state index in [-0.39, 0.29) is 0 Å². The first-order valence-corrected chi connectivity index (χ1v) is 8.08. The van der Waals surface area contributed by atoms with Crippen molar-refractivity contribution in [3.8, 4) is 0 Å². The van der Waals surface area contributed by atoms with Crippen molar-refractivity contribution in [2.75, 3.05) is 20.1 Å². The van der Waals surface area contributed by atoms with Crippen molar-refractivity contribution in [1.29, 1.82) is 0 Å². The molecule has 0 aliphatic rings. The highest BCUT2D eigenvalue weighted by molar-refractivity contribution is 5.20. The summed E-state index contributed by atoms with van der Waals surface area (Å²) in [5.74, 6) is 0.705. The van der Waals surface area contributed by atoms with Gasteiger partial charge < -0.3 is 10.2 Å². The first-order chi connectivity index (χ1) is 9.60. The van der Waals surface area contributed by atoms with Crippen LogP contribution in [0.3, 0.4) is 0 Å². The van der Waals surface area contributed by atoms with Gasteiger partial charge in [-0.1, -0.05) is 58.0 Å². The maximum atomic E-state index is 3.75. The number of hydrogen-bond acceptors (Lipinski definition) is 2. The van der Waals surface area contributed by atoms with Crippen LogP contribution in [0.15, 0.2) is 30.3 Å². The number of rotatable bonds is 9. The van der Waals surface area contributed by atoms with Crippen LogP contribution in [0, 0.1) is 5.92 Å². The highest BCUT2D eigenvalue weighted by atomic mass is 15.2. The Morgan fingerprint density at radius 3 is 2.25 bits per heavy atom. The molecule has 0 bridgehead atoms. The third kappa shape index (κ3) is 5.26. The normalized spacial score (nSPS) is 14.8. The summed E-state index contributed by atoms with van der Waals surface area (Å²) in [6.45, 7) is 11.3. The average Bonchev–Trinajstić information content (AvgIpc) is 2.43. The van der Waals surface area contributed by atoms with Crippen molar-refractivity contribution >= 4 is 0 Å². The molecule has 0 saturated carbocycles. The van der Waals surface area contributed by atoms with Gasteiger partial charge in [0.2, 0.25) is 0 Å². The summed E-state index contributed by atoms with van der Waals surface area (Å²) in [6.07, 6.45) is 2.34. The molecule has 1 aromatic rings. The lowest BCUT2D eigenvalue weighted by atomic mass is 9.95. The molecule has 0 aliphatic carbocycles. The average molecular weight is 276 g/mol. The molecular formula is C18H32N2. The van der Waals surface area contributed by atoms with Gasteiger partial charge in [0.05, 0.1) is 0 Å². The third-order valence-corrected chi connectivity index (χ3v) is 3.80. The Bertz CT molecular complexity index is 348. The number of nitrogens with one attached hydrogen (secondary N) is 1. The summed E-state index contributed by atoms with van der Waals surface area (Å²) in [5.41, 5.74) is 1.41. The second-order valence-electron chi connectivity index (χ2n) is 6.15. The van der Waals surface area contributed by atoms with Gasteiger partial charge in [0, 0.05) is 18.6 Å². The molecule has 1 rings (SSSR count). The molecule has 0 saturated heterocycles. The maximum Gasteiger partial charge on any atom is 0.0477 e. The SMILES string of the molecule is CCCNC(c1ccccc1)C(CC)N(C)CC(C)C. The molecule has 114 valence electrons. The fourth-order valence-electron chi connectivity index (χ4n) is 2.95. The zero-order valence-electron chi connectivity index (χ0n) is 13.9. The van der Waals surface area contributed by atoms with Crippen LogP contribution >= 0.6 is 0 Å². The van der Waals surface area contributed by atoms with E-state index in [1.165, 1.54) is 18.4 Å². The lowest BCUT2D eigenvalue weighted by Gasteiger charge is -2.36. The van der Waals surface area contributed by atoms with E-state index in [4.69, 9.17) is 0 Å². The molecule has 0 heterocycles. The molecule has 2 atom stereocenters. The van der Waals surface area contributed by atoms with Crippen molar-refractivity contribution in [1.82, 2.24) is 10.2 Å². The molecule has 2 unspecified atom stereocenters. The lowest BCUT2D eigenvalue weighted by Crippen LogP contribution is -2.44. The number of benzene rings is 1. The quantitative estimate of drug-likeness (QED) is 0.730. The second-order valence-corrected chi connectivity index (χ2v) is 6.15. The number of nitrogens with zero attached hydrogens (tertiary/aromatic N) is 1. The predicted octanol–water partition coefficient (Wildman–Crippen LogP) is 4.09. The first kappa shape index (κ1) is 17.2. The summed E-state index contributed by atoms with van der Waals surface area (Å²) in [6, 6.07) is 11.9. The molecule has 1 N–H and O–H groups in total. The maximum absolute atomic E-state index is 3.75. The van der Waals surface area contributed by atoms with Gasteiger partial charge >= 0.3 is 0 Å². The zero-order chi connectivity index (χ0) is 15.0. The van der Waals surface area contributed by atoms with E-state index >= 15 is 0 Å². The van der Waals surface area contributed by atoms with E-state index < -0.39 is 0 Å². The predicted molar refractivity (Wildman–Crippen MR) is 89.0 cm³/mol. The van der Waals surface area contributed by atoms with E-state index in [0.29, 0.717) is 18.0 Å². The Balaban J connectivity index is 2.89. The third-order valence-electron chi connectivity index (χ3n) is 3.80. The largest absolute Gasteiger partial charge is 0.309 e. The van der Waals surface area contributed by atoms with Gasteiger partial charge in [0.1, 0.15) is 0 Å². The van der Waals surface area contributed by atoms with Gasteiger partial charge in [-0.2, -0.15) is 0 Å². The van der Waals surface area contributed by atoms with Crippen molar-refractivity contribution in [3.05, 3.63) is 35.9 Å². The molecule has 2 heteroatoms. The minimum Gasteiger partial charge on any atom is -0.309 e. The molecule has 0 aromatic heterocycles. The Morgan fingerprint density at radius 2 is 1.75 bits per heavy atom. The van der Waals surface area contributed by atoms with Crippen LogP contribution in [0.1, 0.15) is 52.1 Å². The molecule has 1 aromatic carbocycles. The minimum absolute atomic E-state index is 0.421. The summed E-state index contributed by atoms with van der Waals surface area (Å²) in [5, 5.41) is 3.75. The van der Waals surface area contributed by atoms with Crippen LogP contribution in [-0.2, 0) is 0 Å². The van der Waals surface area contributed by atoms with E-state index in [1.54, 1.807) is 0 Å². The van der Waals surface area contributed by atoms with Crippen LogP contribution < -0.4 is 5.32 Å². The number of likely N-dealkylation sites (N-methyl/N-ethyl adjacent to an activating group) is 1. The topological polar surface area (TPSA) is 15.3 Å². The molecular weight excluding hydrogens is 244 g/mol. The Labute approximate surface area is 125 Å². The highest BCUT2D eigenvalue weighted by Gasteiger charge is 2.24. The summed E-state index contributed by atoms with van der Waals surface area (Å²) < 4.78 is 0. The van der Waals surface area contributed by atoms with Crippen LogP contribution in [0.5, 0.6) is 0 Å². The van der Waals surface area contributed by atoms with E-state index in [1.807, 2.05) is 0 Å². The molecule has 0 spiro atoms. The molecule has 0 radical (unpaired) electrons. The van der Waals surface area contributed by atoms with Crippen molar-refractivity contribution in [2.45, 2.75) is 52.6 Å². The summed E-state index contributed by atoms with van der Waals surface area (Å²) in [7, 11) is 2.26. The Kier molecular flexibility index (Phi) is 7.86. The monoisotopic (exact) mass is 276 g/mol. The Morgan fingerprint density at radius 1 is 1.10 bits per heavy atom. The van der Waals surface area contributed by atoms with Crippen LogP contribution in [0.2, 0.25) is 0 Å². The van der Waals surface area contributed by atoms with Crippen LogP contribution in [0.25, 0.3) is 0 Å².